The van der Waals surface area contributed by atoms with Crippen LogP contribution >= 0.6 is 0 Å². The van der Waals surface area contributed by atoms with Crippen molar-refractivity contribution in [2.24, 2.45) is 0 Å². The highest BCUT2D eigenvalue weighted by Gasteiger charge is 2.33. The van der Waals surface area contributed by atoms with E-state index in [0.717, 1.165) is 49.4 Å². The van der Waals surface area contributed by atoms with Crippen LogP contribution in [0, 0.1) is 13.8 Å². The molecule has 1 saturated heterocycles. The Balaban J connectivity index is 1.74. The Hall–Kier alpha value is -2.14. The lowest BCUT2D eigenvalue weighted by Crippen LogP contribution is -2.42. The number of benzene rings is 1. The number of nitrogens with one attached hydrogen (secondary N) is 2. The van der Waals surface area contributed by atoms with Crippen LogP contribution in [-0.4, -0.2) is 35.2 Å². The summed E-state index contributed by atoms with van der Waals surface area (Å²) in [6, 6.07) is 6.25. The van der Waals surface area contributed by atoms with Crippen LogP contribution in [0.25, 0.3) is 11.1 Å². The number of aromatic nitrogens is 2. The van der Waals surface area contributed by atoms with Crippen molar-refractivity contribution in [2.75, 3.05) is 18.0 Å². The molecule has 120 valence electrons. The summed E-state index contributed by atoms with van der Waals surface area (Å²) >= 11 is 0. The number of aryl methyl sites for hydroxylation is 2. The van der Waals surface area contributed by atoms with Crippen LogP contribution in [0.3, 0.4) is 0 Å². The number of nitrogens with zero attached hydrogens (tertiary/aromatic N) is 2. The van der Waals surface area contributed by atoms with Crippen LogP contribution in [0.4, 0.5) is 5.69 Å². The molecule has 1 unspecified atom stereocenters. The highest BCUT2D eigenvalue weighted by atomic mass is 16.2. The standard InChI is InChI=1S/C18H22N4O/c1-11-17(12(2)21-20-11)14-5-3-7-16-13(14)8-10-22(16)18(23)15-6-4-9-19-15/h3,5,7,15,19H,4,6,8-10H2,1-2H3,(H,20,21). The summed E-state index contributed by atoms with van der Waals surface area (Å²) in [5.41, 5.74) is 6.82. The highest BCUT2D eigenvalue weighted by molar-refractivity contribution is 6.00. The summed E-state index contributed by atoms with van der Waals surface area (Å²) in [6.07, 6.45) is 2.95. The maximum atomic E-state index is 12.8. The van der Waals surface area contributed by atoms with E-state index in [0.29, 0.717) is 0 Å². The lowest BCUT2D eigenvalue weighted by Gasteiger charge is -2.21. The molecule has 2 aliphatic rings. The summed E-state index contributed by atoms with van der Waals surface area (Å²) in [6.45, 7) is 5.80. The van der Waals surface area contributed by atoms with Crippen LogP contribution in [0.1, 0.15) is 29.8 Å². The van der Waals surface area contributed by atoms with E-state index in [2.05, 4.69) is 34.6 Å². The summed E-state index contributed by atoms with van der Waals surface area (Å²) < 4.78 is 0. The topological polar surface area (TPSA) is 61.0 Å². The van der Waals surface area contributed by atoms with Crippen LogP contribution in [0.15, 0.2) is 18.2 Å². The monoisotopic (exact) mass is 310 g/mol. The van der Waals surface area contributed by atoms with Crippen LogP contribution in [0.5, 0.6) is 0 Å². The van der Waals surface area contributed by atoms with Gasteiger partial charge in [-0.1, -0.05) is 12.1 Å². The molecule has 0 bridgehead atoms. The predicted molar refractivity (Wildman–Crippen MR) is 90.6 cm³/mol. The van der Waals surface area contributed by atoms with Crippen molar-refractivity contribution in [3.63, 3.8) is 0 Å². The number of aromatic amines is 1. The molecule has 0 aliphatic carbocycles. The van der Waals surface area contributed by atoms with Crippen molar-refractivity contribution in [2.45, 2.75) is 39.2 Å². The smallest absolute Gasteiger partial charge is 0.244 e. The molecule has 0 spiro atoms. The predicted octanol–water partition coefficient (Wildman–Crippen LogP) is 2.33. The van der Waals surface area contributed by atoms with Crippen molar-refractivity contribution in [3.05, 3.63) is 35.2 Å². The summed E-state index contributed by atoms with van der Waals surface area (Å²) in [5.74, 6) is 0.221. The Kier molecular flexibility index (Phi) is 3.45. The molecular weight excluding hydrogens is 288 g/mol. The molecule has 1 aromatic heterocycles. The molecule has 2 aliphatic heterocycles. The second-order valence-corrected chi connectivity index (χ2v) is 6.50. The second-order valence-electron chi connectivity index (χ2n) is 6.50. The molecule has 5 nitrogen and oxygen atoms in total. The van der Waals surface area contributed by atoms with Gasteiger partial charge in [0.2, 0.25) is 5.91 Å². The first-order valence-electron chi connectivity index (χ1n) is 8.35. The zero-order valence-electron chi connectivity index (χ0n) is 13.6. The molecule has 1 aromatic carbocycles. The number of amides is 1. The van der Waals surface area contributed by atoms with Gasteiger partial charge in [0.05, 0.1) is 11.7 Å². The fraction of sp³-hybridized carbons (Fsp3) is 0.444. The van der Waals surface area contributed by atoms with Crippen molar-refractivity contribution in [1.82, 2.24) is 15.5 Å². The van der Waals surface area contributed by atoms with E-state index in [1.165, 1.54) is 16.7 Å². The Labute approximate surface area is 136 Å². The van der Waals surface area contributed by atoms with Gasteiger partial charge in [-0.3, -0.25) is 9.89 Å². The van der Waals surface area contributed by atoms with Crippen LogP contribution in [0.2, 0.25) is 0 Å². The largest absolute Gasteiger partial charge is 0.310 e. The van der Waals surface area contributed by atoms with E-state index in [1.807, 2.05) is 17.9 Å². The van der Waals surface area contributed by atoms with Gasteiger partial charge in [-0.25, -0.2) is 0 Å². The number of hydrogen-bond donors (Lipinski definition) is 2. The van der Waals surface area contributed by atoms with Gasteiger partial charge >= 0.3 is 0 Å². The third-order valence-corrected chi connectivity index (χ3v) is 5.05. The van der Waals surface area contributed by atoms with Crippen LogP contribution in [-0.2, 0) is 11.2 Å². The lowest BCUT2D eigenvalue weighted by atomic mass is 9.96. The normalized spacial score (nSPS) is 20.1. The molecule has 5 heteroatoms. The summed E-state index contributed by atoms with van der Waals surface area (Å²) in [5, 5.41) is 10.7. The first-order chi connectivity index (χ1) is 11.2. The lowest BCUT2D eigenvalue weighted by molar-refractivity contribution is -0.120. The maximum absolute atomic E-state index is 12.8. The molecule has 3 heterocycles. The Morgan fingerprint density at radius 1 is 1.35 bits per heavy atom. The minimum Gasteiger partial charge on any atom is -0.310 e. The van der Waals surface area contributed by atoms with Gasteiger partial charge in [0.1, 0.15) is 0 Å². The van der Waals surface area contributed by atoms with E-state index in [4.69, 9.17) is 0 Å². The fourth-order valence-electron chi connectivity index (χ4n) is 3.93. The first kappa shape index (κ1) is 14.5. The fourth-order valence-corrected chi connectivity index (χ4v) is 3.93. The van der Waals surface area contributed by atoms with E-state index in [-0.39, 0.29) is 11.9 Å². The number of fused-ring (bicyclic) bond motifs is 1. The molecule has 1 amide bonds. The number of H-pyrrole nitrogens is 1. The van der Waals surface area contributed by atoms with E-state index in [1.54, 1.807) is 0 Å². The number of rotatable bonds is 2. The molecule has 1 fully saturated rings. The third kappa shape index (κ3) is 2.27. The van der Waals surface area contributed by atoms with Crippen LogP contribution < -0.4 is 10.2 Å². The van der Waals surface area contributed by atoms with Gasteiger partial charge < -0.3 is 10.2 Å². The molecule has 2 aromatic rings. The number of hydrogen-bond acceptors (Lipinski definition) is 3. The van der Waals surface area contributed by atoms with E-state index < -0.39 is 0 Å². The Morgan fingerprint density at radius 3 is 2.91 bits per heavy atom. The summed E-state index contributed by atoms with van der Waals surface area (Å²) in [7, 11) is 0. The molecular formula is C18H22N4O. The maximum Gasteiger partial charge on any atom is 0.244 e. The minimum absolute atomic E-state index is 0.0120. The highest BCUT2D eigenvalue weighted by Crippen LogP contribution is 2.38. The summed E-state index contributed by atoms with van der Waals surface area (Å²) in [4.78, 5) is 14.8. The molecule has 0 radical (unpaired) electrons. The first-order valence-corrected chi connectivity index (χ1v) is 8.35. The minimum atomic E-state index is -0.0120. The van der Waals surface area contributed by atoms with Crippen molar-refractivity contribution in [3.8, 4) is 11.1 Å². The van der Waals surface area contributed by atoms with Crippen molar-refractivity contribution in [1.29, 1.82) is 0 Å². The van der Waals surface area contributed by atoms with Gasteiger partial charge in [-0.05, 0) is 56.8 Å². The SMILES string of the molecule is Cc1n[nH]c(C)c1-c1cccc2c1CCN2C(=O)C1CCCN1. The molecule has 1 atom stereocenters. The van der Waals surface area contributed by atoms with Gasteiger partial charge in [0.25, 0.3) is 0 Å². The average Bonchev–Trinajstić information content (AvgIpc) is 3.27. The van der Waals surface area contributed by atoms with Gasteiger partial charge in [0, 0.05) is 23.5 Å². The molecule has 2 N–H and O–H groups in total. The Bertz CT molecular complexity index is 739. The van der Waals surface area contributed by atoms with Gasteiger partial charge in [-0.15, -0.1) is 0 Å². The van der Waals surface area contributed by atoms with Gasteiger partial charge in [0.15, 0.2) is 0 Å². The molecule has 4 rings (SSSR count). The molecule has 0 saturated carbocycles. The zero-order valence-corrected chi connectivity index (χ0v) is 13.6. The third-order valence-electron chi connectivity index (χ3n) is 5.05. The van der Waals surface area contributed by atoms with Crippen molar-refractivity contribution < 1.29 is 4.79 Å². The number of carbonyl (C=O) groups excluding carboxylic acids is 1. The number of anilines is 1. The van der Waals surface area contributed by atoms with Gasteiger partial charge in [-0.2, -0.15) is 5.10 Å². The quantitative estimate of drug-likeness (QED) is 0.895. The molecule has 23 heavy (non-hydrogen) atoms. The van der Waals surface area contributed by atoms with E-state index >= 15 is 0 Å². The Morgan fingerprint density at radius 2 is 2.22 bits per heavy atom. The number of carbonyl (C=O) groups is 1. The van der Waals surface area contributed by atoms with E-state index in [9.17, 15) is 4.79 Å². The second kappa shape index (κ2) is 5.49. The van der Waals surface area contributed by atoms with Crippen molar-refractivity contribution >= 4 is 11.6 Å². The average molecular weight is 310 g/mol. The zero-order chi connectivity index (χ0) is 16.0.